The molecule has 17 heavy (non-hydrogen) atoms. The maximum Gasteiger partial charge on any atom is 0.112 e. The van der Waals surface area contributed by atoms with Gasteiger partial charge in [0.25, 0.3) is 0 Å². The van der Waals surface area contributed by atoms with Crippen molar-refractivity contribution in [3.05, 3.63) is 60.2 Å². The molecule has 1 N–H and O–H groups in total. The number of benzene rings is 2. The van der Waals surface area contributed by atoms with E-state index in [0.717, 1.165) is 5.56 Å². The Labute approximate surface area is 100 Å². The van der Waals surface area contributed by atoms with Gasteiger partial charge in [0.05, 0.1) is 6.61 Å². The number of aliphatic hydroxyl groups is 1. The molecule has 0 saturated carbocycles. The average molecular weight is 226 g/mol. The second-order valence-electron chi connectivity index (χ2n) is 4.27. The highest BCUT2D eigenvalue weighted by atomic mass is 16.6. The third kappa shape index (κ3) is 2.09. The molecule has 3 rings (SSSR count). The van der Waals surface area contributed by atoms with Gasteiger partial charge in [0, 0.05) is 0 Å². The van der Waals surface area contributed by atoms with Gasteiger partial charge < -0.3 is 9.84 Å². The van der Waals surface area contributed by atoms with E-state index < -0.39 is 0 Å². The van der Waals surface area contributed by atoms with E-state index in [1.54, 1.807) is 0 Å². The lowest BCUT2D eigenvalue weighted by molar-refractivity contribution is 0.242. The zero-order valence-corrected chi connectivity index (χ0v) is 9.41. The smallest absolute Gasteiger partial charge is 0.112 e. The Hall–Kier alpha value is -1.64. The molecule has 0 bridgehead atoms. The van der Waals surface area contributed by atoms with Gasteiger partial charge in [0.15, 0.2) is 0 Å². The Bertz CT molecular complexity index is 490. The van der Waals surface area contributed by atoms with Crippen molar-refractivity contribution in [1.82, 2.24) is 0 Å². The van der Waals surface area contributed by atoms with E-state index in [2.05, 4.69) is 36.4 Å². The van der Waals surface area contributed by atoms with E-state index in [9.17, 15) is 0 Å². The van der Waals surface area contributed by atoms with Gasteiger partial charge in [-0.3, -0.25) is 0 Å². The Morgan fingerprint density at radius 3 is 2.12 bits per heavy atom. The van der Waals surface area contributed by atoms with Gasteiger partial charge >= 0.3 is 0 Å². The summed E-state index contributed by atoms with van der Waals surface area (Å²) in [5, 5.41) is 8.95. The quantitative estimate of drug-likeness (QED) is 0.816. The van der Waals surface area contributed by atoms with E-state index in [0.29, 0.717) is 0 Å². The molecule has 0 unspecified atom stereocenters. The first-order valence-corrected chi connectivity index (χ1v) is 5.80. The van der Waals surface area contributed by atoms with Crippen LogP contribution in [0.2, 0.25) is 0 Å². The topological polar surface area (TPSA) is 32.8 Å². The van der Waals surface area contributed by atoms with Crippen molar-refractivity contribution in [3.8, 4) is 11.1 Å². The first-order valence-electron chi connectivity index (χ1n) is 5.80. The summed E-state index contributed by atoms with van der Waals surface area (Å²) < 4.78 is 5.35. The summed E-state index contributed by atoms with van der Waals surface area (Å²) in [6.07, 6.45) is 0.0856. The standard InChI is InChI=1S/C15H14O2/c16-10-14-15(17-14)13-8-6-12(7-9-13)11-4-2-1-3-5-11/h1-9,14-16H,10H2/t14-,15-/m0/s1. The van der Waals surface area contributed by atoms with E-state index in [-0.39, 0.29) is 18.8 Å². The van der Waals surface area contributed by atoms with Gasteiger partial charge in [-0.2, -0.15) is 0 Å². The van der Waals surface area contributed by atoms with Gasteiger partial charge in [0.1, 0.15) is 12.2 Å². The summed E-state index contributed by atoms with van der Waals surface area (Å²) in [4.78, 5) is 0. The summed E-state index contributed by atoms with van der Waals surface area (Å²) >= 11 is 0. The first kappa shape index (κ1) is 10.5. The number of hydrogen-bond donors (Lipinski definition) is 1. The third-order valence-corrected chi connectivity index (χ3v) is 3.11. The van der Waals surface area contributed by atoms with Crippen molar-refractivity contribution in [2.75, 3.05) is 6.61 Å². The van der Waals surface area contributed by atoms with Crippen LogP contribution in [0.5, 0.6) is 0 Å². The summed E-state index contributed by atoms with van der Waals surface area (Å²) in [5.41, 5.74) is 3.56. The Morgan fingerprint density at radius 1 is 0.882 bits per heavy atom. The summed E-state index contributed by atoms with van der Waals surface area (Å²) in [5.74, 6) is 0. The van der Waals surface area contributed by atoms with Crippen molar-refractivity contribution in [2.24, 2.45) is 0 Å². The van der Waals surface area contributed by atoms with Crippen LogP contribution in [0.1, 0.15) is 11.7 Å². The molecule has 1 heterocycles. The zero-order valence-electron chi connectivity index (χ0n) is 9.41. The number of rotatable bonds is 3. The first-order chi connectivity index (χ1) is 8.38. The highest BCUT2D eigenvalue weighted by Crippen LogP contribution is 2.38. The van der Waals surface area contributed by atoms with Crippen molar-refractivity contribution in [2.45, 2.75) is 12.2 Å². The monoisotopic (exact) mass is 226 g/mol. The minimum Gasteiger partial charge on any atom is -0.394 e. The molecule has 1 fully saturated rings. The summed E-state index contributed by atoms with van der Waals surface area (Å²) in [6, 6.07) is 18.6. The van der Waals surface area contributed by atoms with Crippen molar-refractivity contribution < 1.29 is 9.84 Å². The Morgan fingerprint density at radius 2 is 1.53 bits per heavy atom. The van der Waals surface area contributed by atoms with Crippen LogP contribution < -0.4 is 0 Å². The second-order valence-corrected chi connectivity index (χ2v) is 4.27. The molecule has 86 valence electrons. The molecule has 0 aliphatic carbocycles. The van der Waals surface area contributed by atoms with Crippen LogP contribution in [-0.4, -0.2) is 17.8 Å². The molecular weight excluding hydrogens is 212 g/mol. The van der Waals surface area contributed by atoms with E-state index in [1.807, 2.05) is 18.2 Å². The molecule has 1 aliphatic rings. The maximum absolute atomic E-state index is 8.95. The van der Waals surface area contributed by atoms with E-state index in [4.69, 9.17) is 9.84 Å². The third-order valence-electron chi connectivity index (χ3n) is 3.11. The highest BCUT2D eigenvalue weighted by molar-refractivity contribution is 5.63. The molecule has 0 radical (unpaired) electrons. The lowest BCUT2D eigenvalue weighted by Crippen LogP contribution is -1.94. The van der Waals surface area contributed by atoms with E-state index >= 15 is 0 Å². The van der Waals surface area contributed by atoms with Crippen molar-refractivity contribution in [3.63, 3.8) is 0 Å². The number of hydrogen-bond acceptors (Lipinski definition) is 2. The molecule has 1 aliphatic heterocycles. The van der Waals surface area contributed by atoms with Crippen molar-refractivity contribution in [1.29, 1.82) is 0 Å². The molecule has 0 amide bonds. The van der Waals surface area contributed by atoms with Crippen LogP contribution in [0.4, 0.5) is 0 Å². The number of epoxide rings is 1. The Kier molecular flexibility index (Phi) is 2.67. The summed E-state index contributed by atoms with van der Waals surface area (Å²) in [6.45, 7) is 0.102. The number of ether oxygens (including phenoxy) is 1. The van der Waals surface area contributed by atoms with Gasteiger partial charge in [-0.1, -0.05) is 54.6 Å². The lowest BCUT2D eigenvalue weighted by atomic mass is 10.0. The Balaban J connectivity index is 1.82. The molecule has 1 saturated heterocycles. The van der Waals surface area contributed by atoms with Gasteiger partial charge in [-0.15, -0.1) is 0 Å². The van der Waals surface area contributed by atoms with Crippen LogP contribution in [0.3, 0.4) is 0 Å². The normalized spacial score (nSPS) is 22.4. The molecule has 2 aromatic rings. The fourth-order valence-corrected chi connectivity index (χ4v) is 2.07. The average Bonchev–Trinajstić information content (AvgIpc) is 3.19. The highest BCUT2D eigenvalue weighted by Gasteiger charge is 2.39. The van der Waals surface area contributed by atoms with E-state index in [1.165, 1.54) is 11.1 Å². The minimum absolute atomic E-state index is 0.00225. The largest absolute Gasteiger partial charge is 0.394 e. The fourth-order valence-electron chi connectivity index (χ4n) is 2.07. The second kappa shape index (κ2) is 4.32. The molecule has 2 atom stereocenters. The summed E-state index contributed by atoms with van der Waals surface area (Å²) in [7, 11) is 0. The molecule has 0 aromatic heterocycles. The number of aliphatic hydroxyl groups excluding tert-OH is 1. The zero-order chi connectivity index (χ0) is 11.7. The predicted molar refractivity (Wildman–Crippen MR) is 66.6 cm³/mol. The molecular formula is C15H14O2. The van der Waals surface area contributed by atoms with Crippen molar-refractivity contribution >= 4 is 0 Å². The van der Waals surface area contributed by atoms with Gasteiger partial charge in [-0.05, 0) is 16.7 Å². The van der Waals surface area contributed by atoms with Crippen LogP contribution in [0.15, 0.2) is 54.6 Å². The van der Waals surface area contributed by atoms with Crippen LogP contribution >= 0.6 is 0 Å². The molecule has 2 aromatic carbocycles. The fraction of sp³-hybridized carbons (Fsp3) is 0.200. The molecule has 2 nitrogen and oxygen atoms in total. The van der Waals surface area contributed by atoms with Crippen LogP contribution in [0.25, 0.3) is 11.1 Å². The minimum atomic E-state index is -0.00225. The predicted octanol–water partition coefficient (Wildman–Crippen LogP) is 2.79. The van der Waals surface area contributed by atoms with Gasteiger partial charge in [-0.25, -0.2) is 0 Å². The van der Waals surface area contributed by atoms with Crippen LogP contribution in [-0.2, 0) is 4.74 Å². The van der Waals surface area contributed by atoms with Gasteiger partial charge in [0.2, 0.25) is 0 Å². The SMILES string of the molecule is OC[C@@H]1O[C@H]1c1ccc(-c2ccccc2)cc1. The van der Waals surface area contributed by atoms with Crippen LogP contribution in [0, 0.1) is 0 Å². The lowest BCUT2D eigenvalue weighted by Gasteiger charge is -2.02. The maximum atomic E-state index is 8.95. The molecule has 0 spiro atoms. The molecule has 2 heteroatoms.